The van der Waals surface area contributed by atoms with E-state index < -0.39 is 0 Å². The van der Waals surface area contributed by atoms with Crippen molar-refractivity contribution in [2.75, 3.05) is 14.1 Å². The van der Waals surface area contributed by atoms with Gasteiger partial charge in [0.1, 0.15) is 5.82 Å². The van der Waals surface area contributed by atoms with Crippen molar-refractivity contribution in [3.05, 3.63) is 34.1 Å². The molecule has 1 aromatic rings. The van der Waals surface area contributed by atoms with Gasteiger partial charge in [-0.3, -0.25) is 4.79 Å². The van der Waals surface area contributed by atoms with E-state index in [0.29, 0.717) is 10.0 Å². The Morgan fingerprint density at radius 2 is 2.14 bits per heavy atom. The Kier molecular flexibility index (Phi) is 3.63. The van der Waals surface area contributed by atoms with E-state index in [1.54, 1.807) is 26.2 Å². The van der Waals surface area contributed by atoms with Crippen LogP contribution in [0, 0.1) is 5.82 Å². The maximum Gasteiger partial charge on any atom is 0.226 e. The number of carbonyl (C=O) groups is 1. The van der Waals surface area contributed by atoms with Crippen molar-refractivity contribution >= 4 is 21.8 Å². The second-order valence-electron chi connectivity index (χ2n) is 3.21. The molecule has 0 radical (unpaired) electrons. The third-order valence-corrected chi connectivity index (χ3v) is 2.48. The number of nitrogens with zero attached hydrogens (tertiary/aromatic N) is 1. The second kappa shape index (κ2) is 4.55. The van der Waals surface area contributed by atoms with Crippen LogP contribution in [0.15, 0.2) is 22.7 Å². The van der Waals surface area contributed by atoms with Crippen molar-refractivity contribution in [1.82, 2.24) is 4.90 Å². The van der Waals surface area contributed by atoms with Gasteiger partial charge in [-0.15, -0.1) is 0 Å². The molecule has 0 aliphatic heterocycles. The first kappa shape index (κ1) is 11.2. The number of halogens is 2. The fourth-order valence-electron chi connectivity index (χ4n) is 0.982. The van der Waals surface area contributed by atoms with Crippen molar-refractivity contribution in [2.24, 2.45) is 0 Å². The first-order valence-electron chi connectivity index (χ1n) is 4.15. The largest absolute Gasteiger partial charge is 0.349 e. The molecule has 14 heavy (non-hydrogen) atoms. The number of amides is 1. The van der Waals surface area contributed by atoms with E-state index in [9.17, 15) is 9.18 Å². The van der Waals surface area contributed by atoms with Crippen LogP contribution in [0.25, 0.3) is 0 Å². The number of hydrogen-bond donors (Lipinski definition) is 0. The minimum absolute atomic E-state index is 0.0354. The van der Waals surface area contributed by atoms with Gasteiger partial charge in [0.05, 0.1) is 10.9 Å². The number of rotatable bonds is 2. The van der Waals surface area contributed by atoms with Gasteiger partial charge in [0, 0.05) is 14.1 Å². The van der Waals surface area contributed by atoms with Gasteiger partial charge >= 0.3 is 0 Å². The SMILES string of the molecule is CN(C)C(=O)Cc1ccc(Br)c(F)c1. The Labute approximate surface area is 90.8 Å². The van der Waals surface area contributed by atoms with Gasteiger partial charge in [-0.1, -0.05) is 6.07 Å². The first-order chi connectivity index (χ1) is 6.50. The summed E-state index contributed by atoms with van der Waals surface area (Å²) in [5, 5.41) is 0. The smallest absolute Gasteiger partial charge is 0.226 e. The standard InChI is InChI=1S/C10H11BrFNO/c1-13(2)10(14)6-7-3-4-8(11)9(12)5-7/h3-5H,6H2,1-2H3. The van der Waals surface area contributed by atoms with Gasteiger partial charge < -0.3 is 4.90 Å². The molecule has 0 aromatic heterocycles. The molecular formula is C10H11BrFNO. The van der Waals surface area contributed by atoms with Crippen LogP contribution in [0.1, 0.15) is 5.56 Å². The van der Waals surface area contributed by atoms with Crippen LogP contribution in [-0.4, -0.2) is 24.9 Å². The molecular weight excluding hydrogens is 249 g/mol. The van der Waals surface area contributed by atoms with Crippen molar-refractivity contribution in [2.45, 2.75) is 6.42 Å². The van der Waals surface area contributed by atoms with Crippen LogP contribution in [0.4, 0.5) is 4.39 Å². The van der Waals surface area contributed by atoms with Gasteiger partial charge in [0.15, 0.2) is 0 Å². The van der Waals surface area contributed by atoms with E-state index >= 15 is 0 Å². The zero-order valence-corrected chi connectivity index (χ0v) is 9.64. The molecule has 0 fully saturated rings. The van der Waals surface area contributed by atoms with Crippen molar-refractivity contribution in [3.8, 4) is 0 Å². The van der Waals surface area contributed by atoms with Crippen LogP contribution in [-0.2, 0) is 11.2 Å². The third kappa shape index (κ3) is 2.80. The fraction of sp³-hybridized carbons (Fsp3) is 0.300. The molecule has 0 heterocycles. The summed E-state index contributed by atoms with van der Waals surface area (Å²) in [6.45, 7) is 0. The molecule has 1 rings (SSSR count). The number of hydrogen-bond acceptors (Lipinski definition) is 1. The molecule has 1 amide bonds. The lowest BCUT2D eigenvalue weighted by atomic mass is 10.1. The highest BCUT2D eigenvalue weighted by molar-refractivity contribution is 9.10. The lowest BCUT2D eigenvalue weighted by Crippen LogP contribution is -2.23. The van der Waals surface area contributed by atoms with Crippen LogP contribution in [0.5, 0.6) is 0 Å². The average molecular weight is 260 g/mol. The maximum absolute atomic E-state index is 13.1. The molecule has 1 aromatic carbocycles. The molecule has 0 N–H and O–H groups in total. The molecule has 0 aliphatic carbocycles. The van der Waals surface area contributed by atoms with E-state index in [4.69, 9.17) is 0 Å². The number of likely N-dealkylation sites (N-methyl/N-ethyl adjacent to an activating group) is 1. The van der Waals surface area contributed by atoms with Gasteiger partial charge in [0.2, 0.25) is 5.91 Å². The molecule has 4 heteroatoms. The predicted molar refractivity (Wildman–Crippen MR) is 56.5 cm³/mol. The van der Waals surface area contributed by atoms with E-state index in [-0.39, 0.29) is 18.1 Å². The molecule has 2 nitrogen and oxygen atoms in total. The quantitative estimate of drug-likeness (QED) is 0.798. The molecule has 76 valence electrons. The fourth-order valence-corrected chi connectivity index (χ4v) is 1.23. The number of carbonyl (C=O) groups excluding carboxylic acids is 1. The van der Waals surface area contributed by atoms with E-state index in [0.717, 1.165) is 0 Å². The van der Waals surface area contributed by atoms with E-state index in [1.165, 1.54) is 11.0 Å². The lowest BCUT2D eigenvalue weighted by molar-refractivity contribution is -0.127. The average Bonchev–Trinajstić information content (AvgIpc) is 2.11. The molecule has 0 aliphatic rings. The predicted octanol–water partition coefficient (Wildman–Crippen LogP) is 2.22. The zero-order valence-electron chi connectivity index (χ0n) is 8.05. The van der Waals surface area contributed by atoms with Gasteiger partial charge in [-0.2, -0.15) is 0 Å². The first-order valence-corrected chi connectivity index (χ1v) is 4.94. The summed E-state index contributed by atoms with van der Waals surface area (Å²) < 4.78 is 13.5. The normalized spacial score (nSPS) is 10.0. The van der Waals surface area contributed by atoms with Gasteiger partial charge in [-0.25, -0.2) is 4.39 Å². The summed E-state index contributed by atoms with van der Waals surface area (Å²) in [5.74, 6) is -0.374. The van der Waals surface area contributed by atoms with Crippen LogP contribution in [0.2, 0.25) is 0 Å². The lowest BCUT2D eigenvalue weighted by Gasteiger charge is -2.10. The highest BCUT2D eigenvalue weighted by atomic mass is 79.9. The summed E-state index contributed by atoms with van der Waals surface area (Å²) in [4.78, 5) is 12.8. The summed E-state index contributed by atoms with van der Waals surface area (Å²) in [7, 11) is 3.36. The Balaban J connectivity index is 2.78. The highest BCUT2D eigenvalue weighted by Gasteiger charge is 2.07. The number of benzene rings is 1. The van der Waals surface area contributed by atoms with Crippen LogP contribution >= 0.6 is 15.9 Å². The van der Waals surface area contributed by atoms with Crippen molar-refractivity contribution in [3.63, 3.8) is 0 Å². The third-order valence-electron chi connectivity index (χ3n) is 1.84. The summed E-state index contributed by atoms with van der Waals surface area (Å²) in [6, 6.07) is 4.70. The summed E-state index contributed by atoms with van der Waals surface area (Å²) in [6.07, 6.45) is 0.233. The molecule has 0 saturated heterocycles. The minimum Gasteiger partial charge on any atom is -0.349 e. The molecule has 0 saturated carbocycles. The monoisotopic (exact) mass is 259 g/mol. The second-order valence-corrected chi connectivity index (χ2v) is 4.07. The van der Waals surface area contributed by atoms with Gasteiger partial charge in [-0.05, 0) is 33.6 Å². The van der Waals surface area contributed by atoms with Crippen LogP contribution in [0.3, 0.4) is 0 Å². The summed E-state index contributed by atoms with van der Waals surface area (Å²) >= 11 is 3.05. The highest BCUT2D eigenvalue weighted by Crippen LogP contribution is 2.16. The molecule has 0 atom stereocenters. The Hall–Kier alpha value is -0.900. The van der Waals surface area contributed by atoms with Crippen LogP contribution < -0.4 is 0 Å². The zero-order chi connectivity index (χ0) is 10.7. The topological polar surface area (TPSA) is 20.3 Å². The Morgan fingerprint density at radius 1 is 1.50 bits per heavy atom. The van der Waals surface area contributed by atoms with Gasteiger partial charge in [0.25, 0.3) is 0 Å². The maximum atomic E-state index is 13.1. The molecule has 0 unspecified atom stereocenters. The summed E-state index contributed by atoms with van der Waals surface area (Å²) in [5.41, 5.74) is 0.685. The van der Waals surface area contributed by atoms with E-state index in [1.807, 2.05) is 0 Å². The van der Waals surface area contributed by atoms with E-state index in [2.05, 4.69) is 15.9 Å². The molecule has 0 bridgehead atoms. The Morgan fingerprint density at radius 3 is 2.64 bits per heavy atom. The Bertz CT molecular complexity index is 352. The van der Waals surface area contributed by atoms with Crippen molar-refractivity contribution < 1.29 is 9.18 Å². The molecule has 0 spiro atoms. The minimum atomic E-state index is -0.339. The van der Waals surface area contributed by atoms with Crippen molar-refractivity contribution in [1.29, 1.82) is 0 Å².